The lowest BCUT2D eigenvalue weighted by atomic mass is 10.0. The third-order valence-electron chi connectivity index (χ3n) is 1.78. The molecule has 11 heavy (non-hydrogen) atoms. The smallest absolute Gasteiger partial charge is 0.0919 e. The number of alkyl halides is 1. The molecule has 0 fully saturated rings. The number of hydrogen-bond acceptors (Lipinski definition) is 2. The lowest BCUT2D eigenvalue weighted by Gasteiger charge is -2.11. The zero-order valence-corrected chi connectivity index (χ0v) is 7.67. The van der Waals surface area contributed by atoms with Gasteiger partial charge < -0.3 is 0 Å². The highest BCUT2D eigenvalue weighted by Crippen LogP contribution is 2.30. The molecule has 3 heteroatoms. The summed E-state index contributed by atoms with van der Waals surface area (Å²) in [6, 6.07) is 0. The predicted molar refractivity (Wildman–Crippen MR) is 47.5 cm³/mol. The van der Waals surface area contributed by atoms with Crippen molar-refractivity contribution >= 4 is 15.9 Å². The van der Waals surface area contributed by atoms with Gasteiger partial charge in [0.25, 0.3) is 0 Å². The summed E-state index contributed by atoms with van der Waals surface area (Å²) in [4.78, 5) is 0.326. The molecule has 2 rings (SSSR count). The fourth-order valence-electron chi connectivity index (χ4n) is 1.11. The molecule has 0 bridgehead atoms. The summed E-state index contributed by atoms with van der Waals surface area (Å²) in [7, 11) is 0. The molecule has 0 radical (unpaired) electrons. The van der Waals surface area contributed by atoms with E-state index in [1.165, 1.54) is 5.57 Å². The maximum Gasteiger partial charge on any atom is 0.0919 e. The minimum absolute atomic E-state index is 0.326. The van der Waals surface area contributed by atoms with Gasteiger partial charge in [0.05, 0.1) is 16.7 Å². The van der Waals surface area contributed by atoms with Gasteiger partial charge in [0.15, 0.2) is 0 Å². The van der Waals surface area contributed by atoms with Gasteiger partial charge in [0.1, 0.15) is 0 Å². The molecule has 2 nitrogen and oxygen atoms in total. The maximum absolute atomic E-state index is 3.96. The van der Waals surface area contributed by atoms with Gasteiger partial charge in [-0.3, -0.25) is 0 Å². The lowest BCUT2D eigenvalue weighted by Crippen LogP contribution is -2.02. The monoisotopic (exact) mass is 210 g/mol. The average Bonchev–Trinajstić information content (AvgIpc) is 2.36. The third-order valence-corrected chi connectivity index (χ3v) is 2.77. The first-order valence-electron chi connectivity index (χ1n) is 3.43. The van der Waals surface area contributed by atoms with Crippen molar-refractivity contribution in [2.24, 2.45) is 10.2 Å². The second kappa shape index (κ2) is 2.41. The van der Waals surface area contributed by atoms with E-state index in [2.05, 4.69) is 45.2 Å². The third kappa shape index (κ3) is 1.09. The summed E-state index contributed by atoms with van der Waals surface area (Å²) in [5, 5.41) is 7.79. The van der Waals surface area contributed by atoms with Gasteiger partial charge in [0, 0.05) is 5.57 Å². The van der Waals surface area contributed by atoms with Crippen LogP contribution in [0.3, 0.4) is 0 Å². The van der Waals surface area contributed by atoms with Crippen LogP contribution in [0, 0.1) is 0 Å². The van der Waals surface area contributed by atoms with E-state index in [0.717, 1.165) is 11.3 Å². The van der Waals surface area contributed by atoms with Crippen LogP contribution in [0.4, 0.5) is 0 Å². The molecular weight excluding hydrogens is 204 g/mol. The maximum atomic E-state index is 3.96. The van der Waals surface area contributed by atoms with Crippen LogP contribution in [0.5, 0.6) is 0 Å². The Bertz CT molecular complexity index is 310. The van der Waals surface area contributed by atoms with Crippen molar-refractivity contribution in [3.8, 4) is 0 Å². The zero-order chi connectivity index (χ0) is 7.84. The van der Waals surface area contributed by atoms with E-state index < -0.39 is 0 Å². The molecule has 2 aliphatic rings. The van der Waals surface area contributed by atoms with Gasteiger partial charge in [0.2, 0.25) is 0 Å². The Kier molecular flexibility index (Phi) is 1.53. The molecule has 0 aromatic carbocycles. The average molecular weight is 211 g/mol. The molecule has 0 aromatic rings. The first kappa shape index (κ1) is 6.98. The van der Waals surface area contributed by atoms with Crippen molar-refractivity contribution < 1.29 is 0 Å². The number of halogens is 1. The van der Waals surface area contributed by atoms with Crippen molar-refractivity contribution in [1.82, 2.24) is 0 Å². The summed E-state index contributed by atoms with van der Waals surface area (Å²) in [6.07, 6.45) is 5.96. The molecule has 0 unspecified atom stereocenters. The second-order valence-corrected chi connectivity index (χ2v) is 3.63. The molecule has 0 N–H and O–H groups in total. The molecule has 0 aromatic heterocycles. The minimum Gasteiger partial charge on any atom is -0.158 e. The summed E-state index contributed by atoms with van der Waals surface area (Å²) in [6.45, 7) is 2.09. The zero-order valence-electron chi connectivity index (χ0n) is 6.08. The minimum atomic E-state index is 0.326. The Labute approximate surface area is 73.5 Å². The number of hydrogen-bond donors (Lipinski definition) is 0. The van der Waals surface area contributed by atoms with Crippen LogP contribution in [0.1, 0.15) is 6.92 Å². The van der Waals surface area contributed by atoms with Gasteiger partial charge in [-0.25, -0.2) is 0 Å². The molecule has 0 saturated heterocycles. The van der Waals surface area contributed by atoms with E-state index in [4.69, 9.17) is 0 Å². The van der Waals surface area contributed by atoms with Crippen LogP contribution in [-0.2, 0) is 0 Å². The molecule has 0 saturated carbocycles. The van der Waals surface area contributed by atoms with E-state index in [9.17, 15) is 0 Å². The van der Waals surface area contributed by atoms with Crippen LogP contribution in [0.15, 0.2) is 45.4 Å². The molecule has 56 valence electrons. The largest absolute Gasteiger partial charge is 0.158 e. The highest BCUT2D eigenvalue weighted by atomic mass is 79.9. The number of rotatable bonds is 0. The van der Waals surface area contributed by atoms with Crippen molar-refractivity contribution in [1.29, 1.82) is 0 Å². The van der Waals surface area contributed by atoms with Gasteiger partial charge in [-0.15, -0.1) is 0 Å². The van der Waals surface area contributed by atoms with Crippen LogP contribution >= 0.6 is 15.9 Å². The number of nitrogens with zero attached hydrogens (tertiary/aromatic N) is 2. The second-order valence-electron chi connectivity index (χ2n) is 2.64. The first-order chi connectivity index (χ1) is 5.27. The Morgan fingerprint density at radius 1 is 1.55 bits per heavy atom. The van der Waals surface area contributed by atoms with Gasteiger partial charge in [-0.05, 0) is 13.0 Å². The van der Waals surface area contributed by atoms with Crippen molar-refractivity contribution in [2.75, 3.05) is 0 Å². The predicted octanol–water partition coefficient (Wildman–Crippen LogP) is 2.94. The summed E-state index contributed by atoms with van der Waals surface area (Å²) < 4.78 is 0. The summed E-state index contributed by atoms with van der Waals surface area (Å²) >= 11 is 3.52. The van der Waals surface area contributed by atoms with Crippen LogP contribution in [0.25, 0.3) is 0 Å². The van der Waals surface area contributed by atoms with E-state index in [1.54, 1.807) is 6.20 Å². The first-order valence-corrected chi connectivity index (χ1v) is 4.34. The quantitative estimate of drug-likeness (QED) is 0.550. The highest BCUT2D eigenvalue weighted by Gasteiger charge is 2.16. The van der Waals surface area contributed by atoms with Crippen molar-refractivity contribution in [3.05, 3.63) is 35.2 Å². The molecular formula is C8H7BrN2. The van der Waals surface area contributed by atoms with E-state index >= 15 is 0 Å². The highest BCUT2D eigenvalue weighted by molar-refractivity contribution is 9.09. The molecule has 1 aliphatic heterocycles. The standard InChI is InChI=1S/C8H7BrN2/c1-5-2-6-4-10-11-8(6)3-7(5)9/h2-4,7H,1H3/t7-/m1/s1. The number of azo groups is 1. The Morgan fingerprint density at radius 3 is 3.18 bits per heavy atom. The summed E-state index contributed by atoms with van der Waals surface area (Å²) in [5.41, 5.74) is 3.41. The molecule has 1 atom stereocenters. The Hall–Kier alpha value is -0.700. The van der Waals surface area contributed by atoms with Crippen LogP contribution in [0.2, 0.25) is 0 Å². The van der Waals surface area contributed by atoms with Gasteiger partial charge in [-0.2, -0.15) is 10.2 Å². The fourth-order valence-corrected chi connectivity index (χ4v) is 1.50. The molecule has 1 heterocycles. The van der Waals surface area contributed by atoms with E-state index in [-0.39, 0.29) is 0 Å². The van der Waals surface area contributed by atoms with Gasteiger partial charge >= 0.3 is 0 Å². The Morgan fingerprint density at radius 2 is 2.36 bits per heavy atom. The van der Waals surface area contributed by atoms with Crippen molar-refractivity contribution in [2.45, 2.75) is 11.8 Å². The normalized spacial score (nSPS) is 27.5. The Balaban J connectivity index is 2.43. The van der Waals surface area contributed by atoms with Crippen LogP contribution < -0.4 is 0 Å². The topological polar surface area (TPSA) is 24.7 Å². The van der Waals surface area contributed by atoms with Gasteiger partial charge in [-0.1, -0.05) is 27.6 Å². The van der Waals surface area contributed by atoms with E-state index in [1.807, 2.05) is 0 Å². The van der Waals surface area contributed by atoms with E-state index in [0.29, 0.717) is 4.83 Å². The fraction of sp³-hybridized carbons (Fsp3) is 0.250. The molecule has 1 aliphatic carbocycles. The summed E-state index contributed by atoms with van der Waals surface area (Å²) in [5.74, 6) is 0. The molecule has 0 amide bonds. The lowest BCUT2D eigenvalue weighted by molar-refractivity contribution is 1.14. The molecule has 0 spiro atoms. The van der Waals surface area contributed by atoms with Crippen LogP contribution in [-0.4, -0.2) is 4.83 Å². The number of allylic oxidation sites excluding steroid dienone is 3. The number of fused-ring (bicyclic) bond motifs is 1. The van der Waals surface area contributed by atoms with Crippen molar-refractivity contribution in [3.63, 3.8) is 0 Å². The SMILES string of the molecule is CC1=CC2=CN=NC2=C[C@H]1Br.